The zero-order valence-electron chi connectivity index (χ0n) is 17.5. The van der Waals surface area contributed by atoms with Gasteiger partial charge in [-0.1, -0.05) is 54.1 Å². The predicted octanol–water partition coefficient (Wildman–Crippen LogP) is 6.43. The van der Waals surface area contributed by atoms with E-state index in [1.165, 1.54) is 11.6 Å². The van der Waals surface area contributed by atoms with E-state index in [1.807, 2.05) is 45.0 Å². The molecule has 0 amide bonds. The number of hydrogen-bond acceptors (Lipinski definition) is 2. The number of benzene rings is 3. The molecule has 4 heteroatoms. The van der Waals surface area contributed by atoms with Crippen molar-refractivity contribution in [1.29, 1.82) is 0 Å². The van der Waals surface area contributed by atoms with Gasteiger partial charge in [0.05, 0.1) is 12.3 Å². The molecular weight excluding hydrogens is 375 g/mol. The van der Waals surface area contributed by atoms with Crippen molar-refractivity contribution in [2.45, 2.75) is 27.2 Å². The van der Waals surface area contributed by atoms with Gasteiger partial charge >= 0.3 is 0 Å². The van der Waals surface area contributed by atoms with Gasteiger partial charge in [0, 0.05) is 23.2 Å². The summed E-state index contributed by atoms with van der Waals surface area (Å²) in [6.07, 6.45) is 0.779. The van der Waals surface area contributed by atoms with Crippen LogP contribution in [0.25, 0.3) is 22.3 Å². The molecular formula is C26H25FN2O. The minimum atomic E-state index is -0.244. The van der Waals surface area contributed by atoms with Gasteiger partial charge in [-0.25, -0.2) is 4.39 Å². The number of ether oxygens (including phenoxy) is 1. The molecule has 3 aromatic carbocycles. The lowest BCUT2D eigenvalue weighted by atomic mass is 10.0. The molecule has 0 saturated carbocycles. The van der Waals surface area contributed by atoms with Crippen LogP contribution < -0.4 is 4.74 Å². The standard InChI is InChI=1S/C26H25FN2O/c1-17-4-8-21(9-5-17)24-16-23(12-13-25(24)27)30-15-14-20-6-10-22(11-7-20)26-18(2)28-29-19(26)3/h4-13,16H,14-15H2,1-3H3,(H,28,29). The molecule has 3 nitrogen and oxygen atoms in total. The lowest BCUT2D eigenvalue weighted by molar-refractivity contribution is 0.321. The van der Waals surface area contributed by atoms with E-state index < -0.39 is 0 Å². The summed E-state index contributed by atoms with van der Waals surface area (Å²) >= 11 is 0. The molecule has 0 aliphatic carbocycles. The van der Waals surface area contributed by atoms with Crippen molar-refractivity contribution in [3.8, 4) is 28.0 Å². The van der Waals surface area contributed by atoms with Crippen LogP contribution in [0.5, 0.6) is 5.75 Å². The van der Waals surface area contributed by atoms with E-state index in [0.29, 0.717) is 17.9 Å². The second-order valence-electron chi connectivity index (χ2n) is 7.61. The van der Waals surface area contributed by atoms with Gasteiger partial charge in [-0.3, -0.25) is 5.10 Å². The van der Waals surface area contributed by atoms with Crippen molar-refractivity contribution in [1.82, 2.24) is 10.2 Å². The van der Waals surface area contributed by atoms with Crippen LogP contribution in [0.15, 0.2) is 66.7 Å². The van der Waals surface area contributed by atoms with Crippen LogP contribution in [0, 0.1) is 26.6 Å². The van der Waals surface area contributed by atoms with E-state index in [4.69, 9.17) is 4.74 Å². The van der Waals surface area contributed by atoms with E-state index in [2.05, 4.69) is 34.5 Å². The van der Waals surface area contributed by atoms with E-state index in [1.54, 1.807) is 12.1 Å². The predicted molar refractivity (Wildman–Crippen MR) is 119 cm³/mol. The second-order valence-corrected chi connectivity index (χ2v) is 7.61. The molecule has 0 unspecified atom stereocenters. The molecule has 30 heavy (non-hydrogen) atoms. The Labute approximate surface area is 176 Å². The van der Waals surface area contributed by atoms with Gasteiger partial charge in [0.2, 0.25) is 0 Å². The third-order valence-corrected chi connectivity index (χ3v) is 5.33. The third-order valence-electron chi connectivity index (χ3n) is 5.33. The average molecular weight is 400 g/mol. The number of H-pyrrole nitrogens is 1. The van der Waals surface area contributed by atoms with Crippen LogP contribution >= 0.6 is 0 Å². The summed E-state index contributed by atoms with van der Waals surface area (Å²) in [5, 5.41) is 7.29. The Morgan fingerprint density at radius 2 is 1.57 bits per heavy atom. The van der Waals surface area contributed by atoms with Crippen molar-refractivity contribution in [2.75, 3.05) is 6.61 Å². The highest BCUT2D eigenvalue weighted by atomic mass is 19.1. The fourth-order valence-corrected chi connectivity index (χ4v) is 3.65. The summed E-state index contributed by atoms with van der Waals surface area (Å²) in [6.45, 7) is 6.59. The number of aromatic amines is 1. The second kappa shape index (κ2) is 8.54. The third kappa shape index (κ3) is 4.28. The summed E-state index contributed by atoms with van der Waals surface area (Å²) in [5.74, 6) is 0.430. The molecule has 1 N–H and O–H groups in total. The molecule has 0 bridgehead atoms. The number of nitrogens with one attached hydrogen (secondary N) is 1. The van der Waals surface area contributed by atoms with Crippen LogP contribution in [0.3, 0.4) is 0 Å². The van der Waals surface area contributed by atoms with E-state index in [9.17, 15) is 4.39 Å². The Hall–Kier alpha value is -3.40. The monoisotopic (exact) mass is 400 g/mol. The largest absolute Gasteiger partial charge is 0.493 e. The van der Waals surface area contributed by atoms with Crippen molar-refractivity contribution < 1.29 is 9.13 Å². The molecule has 0 atom stereocenters. The molecule has 4 aromatic rings. The maximum atomic E-state index is 14.3. The van der Waals surface area contributed by atoms with Gasteiger partial charge in [0.15, 0.2) is 0 Å². The van der Waals surface area contributed by atoms with Gasteiger partial charge in [-0.05, 0) is 55.7 Å². The minimum absolute atomic E-state index is 0.244. The molecule has 152 valence electrons. The summed E-state index contributed by atoms with van der Waals surface area (Å²) in [7, 11) is 0. The average Bonchev–Trinajstić information content (AvgIpc) is 3.09. The molecule has 0 aliphatic heterocycles. The Morgan fingerprint density at radius 3 is 2.23 bits per heavy atom. The van der Waals surface area contributed by atoms with Crippen LogP contribution in [0.1, 0.15) is 22.5 Å². The molecule has 0 saturated heterocycles. The molecule has 1 aromatic heterocycles. The summed E-state index contributed by atoms with van der Waals surface area (Å²) in [4.78, 5) is 0. The maximum absolute atomic E-state index is 14.3. The minimum Gasteiger partial charge on any atom is -0.493 e. The topological polar surface area (TPSA) is 37.9 Å². The molecule has 4 rings (SSSR count). The first kappa shape index (κ1) is 19.9. The van der Waals surface area contributed by atoms with Crippen molar-refractivity contribution in [2.24, 2.45) is 0 Å². The quantitative estimate of drug-likeness (QED) is 0.405. The van der Waals surface area contributed by atoms with Gasteiger partial charge in [0.25, 0.3) is 0 Å². The Balaban J connectivity index is 1.41. The van der Waals surface area contributed by atoms with E-state index >= 15 is 0 Å². The van der Waals surface area contributed by atoms with Gasteiger partial charge in [-0.2, -0.15) is 5.10 Å². The number of nitrogens with zero attached hydrogens (tertiary/aromatic N) is 1. The maximum Gasteiger partial charge on any atom is 0.131 e. The summed E-state index contributed by atoms with van der Waals surface area (Å²) < 4.78 is 20.2. The Kier molecular flexibility index (Phi) is 5.66. The van der Waals surface area contributed by atoms with Crippen molar-refractivity contribution in [3.63, 3.8) is 0 Å². The Bertz CT molecular complexity index is 1130. The summed E-state index contributed by atoms with van der Waals surface area (Å²) in [6, 6.07) is 21.2. The molecule has 0 spiro atoms. The number of aromatic nitrogens is 2. The lowest BCUT2D eigenvalue weighted by Gasteiger charge is -2.10. The van der Waals surface area contributed by atoms with Crippen LogP contribution in [-0.2, 0) is 6.42 Å². The summed E-state index contributed by atoms with van der Waals surface area (Å²) in [5.41, 5.74) is 8.15. The Morgan fingerprint density at radius 1 is 0.867 bits per heavy atom. The fraction of sp³-hybridized carbons (Fsp3) is 0.192. The number of rotatable bonds is 6. The highest BCUT2D eigenvalue weighted by molar-refractivity contribution is 5.68. The van der Waals surface area contributed by atoms with Gasteiger partial charge in [0.1, 0.15) is 11.6 Å². The first-order valence-corrected chi connectivity index (χ1v) is 10.1. The highest BCUT2D eigenvalue weighted by Crippen LogP contribution is 2.28. The zero-order chi connectivity index (χ0) is 21.1. The van der Waals surface area contributed by atoms with Gasteiger partial charge in [-0.15, -0.1) is 0 Å². The number of hydrogen-bond donors (Lipinski definition) is 1. The van der Waals surface area contributed by atoms with Crippen molar-refractivity contribution >= 4 is 0 Å². The smallest absolute Gasteiger partial charge is 0.131 e. The highest BCUT2D eigenvalue weighted by Gasteiger charge is 2.09. The lowest BCUT2D eigenvalue weighted by Crippen LogP contribution is -2.02. The first-order valence-electron chi connectivity index (χ1n) is 10.1. The van der Waals surface area contributed by atoms with Crippen LogP contribution in [0.4, 0.5) is 4.39 Å². The molecule has 0 fully saturated rings. The number of halogens is 1. The number of aryl methyl sites for hydroxylation is 3. The van der Waals surface area contributed by atoms with Crippen LogP contribution in [-0.4, -0.2) is 16.8 Å². The van der Waals surface area contributed by atoms with Crippen LogP contribution in [0.2, 0.25) is 0 Å². The van der Waals surface area contributed by atoms with E-state index in [-0.39, 0.29) is 5.82 Å². The SMILES string of the molecule is Cc1ccc(-c2cc(OCCc3ccc(-c4c(C)n[nH]c4C)cc3)ccc2F)cc1. The molecule has 1 heterocycles. The molecule has 0 aliphatic rings. The normalized spacial score (nSPS) is 10.9. The van der Waals surface area contributed by atoms with E-state index in [0.717, 1.165) is 40.1 Å². The fourth-order valence-electron chi connectivity index (χ4n) is 3.65. The zero-order valence-corrected chi connectivity index (χ0v) is 17.5. The van der Waals surface area contributed by atoms with Crippen molar-refractivity contribution in [3.05, 3.63) is 95.1 Å². The van der Waals surface area contributed by atoms with Gasteiger partial charge < -0.3 is 4.74 Å². The molecule has 0 radical (unpaired) electrons. The first-order chi connectivity index (χ1) is 14.5.